The Morgan fingerprint density at radius 1 is 1.26 bits per heavy atom. The maximum absolute atomic E-state index is 6.31. The zero-order chi connectivity index (χ0) is 13.5. The van der Waals surface area contributed by atoms with Gasteiger partial charge in [0.1, 0.15) is 11.9 Å². The van der Waals surface area contributed by atoms with Crippen LogP contribution in [0.4, 0.5) is 0 Å². The van der Waals surface area contributed by atoms with Gasteiger partial charge in [-0.05, 0) is 42.5 Å². The standard InChI is InChI=1S/C16H20N2O/c1-16(2)9-8-14(15(16)17)19-13-7-3-6-12-11(13)5-4-10-18-12/h3-7,10,14-15H,8-9,17H2,1-2H3. The van der Waals surface area contributed by atoms with Gasteiger partial charge < -0.3 is 10.5 Å². The van der Waals surface area contributed by atoms with Gasteiger partial charge in [-0.2, -0.15) is 0 Å². The normalized spacial score (nSPS) is 25.6. The van der Waals surface area contributed by atoms with E-state index >= 15 is 0 Å². The molecule has 0 amide bonds. The van der Waals surface area contributed by atoms with Crippen molar-refractivity contribution in [2.75, 3.05) is 0 Å². The number of pyridine rings is 1. The number of nitrogens with zero attached hydrogens (tertiary/aromatic N) is 1. The molecule has 19 heavy (non-hydrogen) atoms. The molecular formula is C16H20N2O. The highest BCUT2D eigenvalue weighted by molar-refractivity contribution is 5.84. The highest BCUT2D eigenvalue weighted by Crippen LogP contribution is 2.39. The number of benzene rings is 1. The molecule has 0 aliphatic heterocycles. The monoisotopic (exact) mass is 256 g/mol. The van der Waals surface area contributed by atoms with Gasteiger partial charge in [-0.15, -0.1) is 0 Å². The molecule has 1 aliphatic carbocycles. The smallest absolute Gasteiger partial charge is 0.129 e. The Morgan fingerprint density at radius 3 is 2.84 bits per heavy atom. The molecule has 0 bridgehead atoms. The van der Waals surface area contributed by atoms with Crippen LogP contribution in [0.25, 0.3) is 10.9 Å². The number of rotatable bonds is 2. The van der Waals surface area contributed by atoms with Gasteiger partial charge in [-0.1, -0.05) is 19.9 Å². The summed E-state index contributed by atoms with van der Waals surface area (Å²) in [7, 11) is 0. The second-order valence-corrected chi connectivity index (χ2v) is 6.04. The first-order valence-electron chi connectivity index (χ1n) is 6.84. The van der Waals surface area contributed by atoms with Crippen molar-refractivity contribution in [2.45, 2.75) is 38.8 Å². The van der Waals surface area contributed by atoms with Gasteiger partial charge in [-0.3, -0.25) is 4.98 Å². The number of fused-ring (bicyclic) bond motifs is 1. The topological polar surface area (TPSA) is 48.1 Å². The van der Waals surface area contributed by atoms with Crippen molar-refractivity contribution in [2.24, 2.45) is 11.1 Å². The molecule has 2 unspecified atom stereocenters. The van der Waals surface area contributed by atoms with E-state index in [1.807, 2.05) is 30.3 Å². The minimum absolute atomic E-state index is 0.0828. The van der Waals surface area contributed by atoms with Gasteiger partial charge in [0.05, 0.1) is 5.52 Å². The van der Waals surface area contributed by atoms with Crippen LogP contribution in [0, 0.1) is 5.41 Å². The number of aromatic nitrogens is 1. The fourth-order valence-corrected chi connectivity index (χ4v) is 2.84. The van der Waals surface area contributed by atoms with E-state index in [2.05, 4.69) is 18.8 Å². The Morgan fingerprint density at radius 2 is 2.11 bits per heavy atom. The molecule has 1 saturated carbocycles. The number of hydrogen-bond donors (Lipinski definition) is 1. The van der Waals surface area contributed by atoms with Crippen LogP contribution in [-0.2, 0) is 0 Å². The molecule has 1 aromatic carbocycles. The maximum Gasteiger partial charge on any atom is 0.129 e. The zero-order valence-corrected chi connectivity index (χ0v) is 11.5. The quantitative estimate of drug-likeness (QED) is 0.898. The van der Waals surface area contributed by atoms with Crippen LogP contribution in [0.15, 0.2) is 36.5 Å². The highest BCUT2D eigenvalue weighted by atomic mass is 16.5. The Balaban J connectivity index is 1.90. The molecule has 1 aromatic heterocycles. The molecule has 3 rings (SSSR count). The van der Waals surface area contributed by atoms with Crippen LogP contribution in [-0.4, -0.2) is 17.1 Å². The van der Waals surface area contributed by atoms with Crippen LogP contribution in [0.3, 0.4) is 0 Å². The van der Waals surface area contributed by atoms with E-state index in [0.717, 1.165) is 29.5 Å². The fourth-order valence-electron chi connectivity index (χ4n) is 2.84. The van der Waals surface area contributed by atoms with Crippen LogP contribution < -0.4 is 10.5 Å². The van der Waals surface area contributed by atoms with E-state index < -0.39 is 0 Å². The van der Waals surface area contributed by atoms with Gasteiger partial charge in [0.25, 0.3) is 0 Å². The maximum atomic E-state index is 6.31. The molecule has 100 valence electrons. The Kier molecular flexibility index (Phi) is 2.94. The number of ether oxygens (including phenoxy) is 1. The SMILES string of the molecule is CC1(C)CCC(Oc2cccc3ncccc23)C1N. The number of nitrogens with two attached hydrogens (primary N) is 1. The van der Waals surface area contributed by atoms with E-state index in [-0.39, 0.29) is 17.6 Å². The second kappa shape index (κ2) is 4.49. The van der Waals surface area contributed by atoms with Gasteiger partial charge >= 0.3 is 0 Å². The van der Waals surface area contributed by atoms with Gasteiger partial charge in [-0.25, -0.2) is 0 Å². The van der Waals surface area contributed by atoms with Gasteiger partial charge in [0.15, 0.2) is 0 Å². The van der Waals surface area contributed by atoms with E-state index in [1.165, 1.54) is 0 Å². The van der Waals surface area contributed by atoms with Crippen molar-refractivity contribution in [3.8, 4) is 5.75 Å². The van der Waals surface area contributed by atoms with Crippen molar-refractivity contribution in [3.05, 3.63) is 36.5 Å². The van der Waals surface area contributed by atoms with Crippen LogP contribution in [0.2, 0.25) is 0 Å². The fraction of sp³-hybridized carbons (Fsp3) is 0.438. The van der Waals surface area contributed by atoms with Crippen LogP contribution in [0.5, 0.6) is 5.75 Å². The summed E-state index contributed by atoms with van der Waals surface area (Å²) in [6.07, 6.45) is 4.03. The Bertz CT molecular complexity index is 589. The van der Waals surface area contributed by atoms with E-state index in [9.17, 15) is 0 Å². The molecule has 2 atom stereocenters. The lowest BCUT2D eigenvalue weighted by Crippen LogP contribution is -2.42. The zero-order valence-electron chi connectivity index (χ0n) is 11.5. The Labute approximate surface area is 113 Å². The highest BCUT2D eigenvalue weighted by Gasteiger charge is 2.40. The largest absolute Gasteiger partial charge is 0.488 e. The molecule has 1 heterocycles. The third-order valence-electron chi connectivity index (χ3n) is 4.26. The molecule has 0 saturated heterocycles. The lowest BCUT2D eigenvalue weighted by atomic mass is 9.88. The van der Waals surface area contributed by atoms with Crippen LogP contribution in [0.1, 0.15) is 26.7 Å². The summed E-state index contributed by atoms with van der Waals surface area (Å²) in [5, 5.41) is 1.06. The van der Waals surface area contributed by atoms with Crippen LogP contribution >= 0.6 is 0 Å². The number of hydrogen-bond acceptors (Lipinski definition) is 3. The van der Waals surface area contributed by atoms with Gasteiger partial charge in [0, 0.05) is 17.6 Å². The predicted octanol–water partition coefficient (Wildman–Crippen LogP) is 3.13. The third-order valence-corrected chi connectivity index (χ3v) is 4.26. The summed E-state index contributed by atoms with van der Waals surface area (Å²) in [5.74, 6) is 0.892. The molecule has 3 nitrogen and oxygen atoms in total. The summed E-state index contributed by atoms with van der Waals surface area (Å²) in [5.41, 5.74) is 7.43. The summed E-state index contributed by atoms with van der Waals surface area (Å²) >= 11 is 0. The van der Waals surface area contributed by atoms with Crippen molar-refractivity contribution in [1.29, 1.82) is 0 Å². The van der Waals surface area contributed by atoms with Crippen molar-refractivity contribution in [1.82, 2.24) is 4.98 Å². The second-order valence-electron chi connectivity index (χ2n) is 6.04. The minimum atomic E-state index is 0.0828. The average Bonchev–Trinajstić information content (AvgIpc) is 2.66. The summed E-state index contributed by atoms with van der Waals surface area (Å²) in [6, 6.07) is 10.1. The lowest BCUT2D eigenvalue weighted by Gasteiger charge is -2.27. The molecule has 0 spiro atoms. The molecule has 1 aliphatic rings. The minimum Gasteiger partial charge on any atom is -0.488 e. The molecular weight excluding hydrogens is 236 g/mol. The van der Waals surface area contributed by atoms with Crippen molar-refractivity contribution in [3.63, 3.8) is 0 Å². The van der Waals surface area contributed by atoms with Crippen molar-refractivity contribution < 1.29 is 4.74 Å². The predicted molar refractivity (Wildman–Crippen MR) is 77.1 cm³/mol. The average molecular weight is 256 g/mol. The van der Waals surface area contributed by atoms with E-state index in [0.29, 0.717) is 0 Å². The van der Waals surface area contributed by atoms with E-state index in [4.69, 9.17) is 10.5 Å². The summed E-state index contributed by atoms with van der Waals surface area (Å²) in [6.45, 7) is 4.43. The summed E-state index contributed by atoms with van der Waals surface area (Å²) in [4.78, 5) is 4.35. The first kappa shape index (κ1) is 12.4. The molecule has 3 heteroatoms. The molecule has 1 fully saturated rings. The summed E-state index contributed by atoms with van der Waals surface area (Å²) < 4.78 is 6.17. The third kappa shape index (κ3) is 2.19. The first-order chi connectivity index (χ1) is 9.08. The first-order valence-corrected chi connectivity index (χ1v) is 6.84. The van der Waals surface area contributed by atoms with Gasteiger partial charge in [0.2, 0.25) is 0 Å². The van der Waals surface area contributed by atoms with Crippen molar-refractivity contribution >= 4 is 10.9 Å². The van der Waals surface area contributed by atoms with E-state index in [1.54, 1.807) is 6.20 Å². The lowest BCUT2D eigenvalue weighted by molar-refractivity contribution is 0.167. The Hall–Kier alpha value is -1.61. The molecule has 2 N–H and O–H groups in total. The molecule has 2 aromatic rings. The molecule has 0 radical (unpaired) electrons.